The summed E-state index contributed by atoms with van der Waals surface area (Å²) in [6, 6.07) is 14.3. The highest BCUT2D eigenvalue weighted by Gasteiger charge is 2.33. The van der Waals surface area contributed by atoms with E-state index in [4.69, 9.17) is 19.0 Å². The fourth-order valence-corrected chi connectivity index (χ4v) is 5.49. The molecule has 9 nitrogen and oxygen atoms in total. The zero-order valence-corrected chi connectivity index (χ0v) is 23.9. The van der Waals surface area contributed by atoms with Crippen LogP contribution in [0, 0.1) is 11.3 Å². The Balaban J connectivity index is 1.21. The minimum absolute atomic E-state index is 0.0320. The third-order valence-corrected chi connectivity index (χ3v) is 7.29. The van der Waals surface area contributed by atoms with Gasteiger partial charge < -0.3 is 29.3 Å². The van der Waals surface area contributed by atoms with E-state index in [2.05, 4.69) is 22.6 Å². The number of hydrogen-bond acceptors (Lipinski definition) is 8. The molecule has 1 N–H and O–H groups in total. The van der Waals surface area contributed by atoms with Gasteiger partial charge in [-0.15, -0.1) is 0 Å². The van der Waals surface area contributed by atoms with E-state index in [1.165, 1.54) is 11.1 Å². The number of rotatable bonds is 6. The topological polar surface area (TPSA) is 105 Å². The zero-order chi connectivity index (χ0) is 28.4. The van der Waals surface area contributed by atoms with Crippen molar-refractivity contribution in [2.45, 2.75) is 90.4 Å². The smallest absolute Gasteiger partial charge is 0.410 e. The van der Waals surface area contributed by atoms with Crippen LogP contribution in [-0.4, -0.2) is 47.7 Å². The van der Waals surface area contributed by atoms with Gasteiger partial charge in [-0.25, -0.2) is 4.79 Å². The van der Waals surface area contributed by atoms with E-state index in [9.17, 15) is 10.1 Å². The van der Waals surface area contributed by atoms with Crippen molar-refractivity contribution in [3.05, 3.63) is 64.2 Å². The van der Waals surface area contributed by atoms with Crippen molar-refractivity contribution in [1.29, 1.82) is 5.26 Å². The van der Waals surface area contributed by atoms with Gasteiger partial charge in [0.15, 0.2) is 0 Å². The molecule has 0 radical (unpaired) electrons. The summed E-state index contributed by atoms with van der Waals surface area (Å²) in [7, 11) is 0. The first-order chi connectivity index (χ1) is 19.1. The van der Waals surface area contributed by atoms with Crippen molar-refractivity contribution in [2.75, 3.05) is 13.1 Å². The van der Waals surface area contributed by atoms with Gasteiger partial charge in [0, 0.05) is 36.3 Å². The van der Waals surface area contributed by atoms with E-state index in [1.807, 2.05) is 52.8 Å². The summed E-state index contributed by atoms with van der Waals surface area (Å²) in [5, 5.41) is 17.7. The van der Waals surface area contributed by atoms with Crippen LogP contribution >= 0.6 is 0 Å². The molecule has 2 unspecified atom stereocenters. The Kier molecular flexibility index (Phi) is 7.90. The van der Waals surface area contributed by atoms with E-state index in [0.717, 1.165) is 31.2 Å². The number of nitrogens with one attached hydrogen (secondary N) is 1. The monoisotopic (exact) mass is 546 g/mol. The molecule has 1 saturated heterocycles. The Bertz CT molecular complexity index is 1320. The van der Waals surface area contributed by atoms with E-state index < -0.39 is 11.9 Å². The molecule has 1 aliphatic carbocycles. The first kappa shape index (κ1) is 27.8. The Hall–Kier alpha value is -3.77. The SMILES string of the molecule is CC(C)Oc1ccc(C2ON=C(c3cccc4c3CCC4NC3CCN(C(=O)OC(C)(C)C)CC3)O2)cc1C#N. The van der Waals surface area contributed by atoms with Crippen LogP contribution < -0.4 is 10.1 Å². The molecule has 1 fully saturated rings. The molecule has 2 aromatic rings. The molecule has 9 heteroatoms. The number of nitrogens with zero attached hydrogens (tertiary/aromatic N) is 3. The number of likely N-dealkylation sites (tertiary alicyclic amines) is 1. The number of ether oxygens (including phenoxy) is 3. The van der Waals surface area contributed by atoms with Crippen LogP contribution in [0.1, 0.15) is 94.0 Å². The van der Waals surface area contributed by atoms with Gasteiger partial charge in [-0.3, -0.25) is 0 Å². The maximum absolute atomic E-state index is 12.4. The fourth-order valence-electron chi connectivity index (χ4n) is 5.49. The number of fused-ring (bicyclic) bond motifs is 1. The minimum Gasteiger partial charge on any atom is -0.490 e. The van der Waals surface area contributed by atoms with E-state index >= 15 is 0 Å². The van der Waals surface area contributed by atoms with Gasteiger partial charge in [-0.05, 0) is 101 Å². The summed E-state index contributed by atoms with van der Waals surface area (Å²) in [5.74, 6) is 0.990. The Morgan fingerprint density at radius 1 is 1.18 bits per heavy atom. The van der Waals surface area contributed by atoms with Crippen LogP contribution in [0.5, 0.6) is 5.75 Å². The number of carbonyl (C=O) groups excluding carboxylic acids is 1. The standard InChI is InChI=1S/C31H38N4O5/c1-19(2)37-27-12-9-20(17-21(27)18-32)29-38-28(34-40-29)25-8-6-7-24-23(25)10-11-26(24)33-22-13-15-35(16-14-22)30(36)39-31(3,4)5/h6-9,12,17,19,22,26,29,33H,10-11,13-16H2,1-5H3. The number of amides is 1. The van der Waals surface area contributed by atoms with Gasteiger partial charge >= 0.3 is 6.09 Å². The molecule has 0 spiro atoms. The molecule has 212 valence electrons. The summed E-state index contributed by atoms with van der Waals surface area (Å²) in [4.78, 5) is 19.9. The third-order valence-electron chi connectivity index (χ3n) is 7.29. The summed E-state index contributed by atoms with van der Waals surface area (Å²) >= 11 is 0. The first-order valence-electron chi connectivity index (χ1n) is 14.1. The normalized spacial score (nSPS) is 20.8. The molecule has 2 heterocycles. The predicted octanol–water partition coefficient (Wildman–Crippen LogP) is 5.73. The van der Waals surface area contributed by atoms with E-state index in [-0.39, 0.29) is 18.2 Å². The third kappa shape index (κ3) is 6.18. The maximum atomic E-state index is 12.4. The molecule has 40 heavy (non-hydrogen) atoms. The van der Waals surface area contributed by atoms with Crippen molar-refractivity contribution in [2.24, 2.45) is 5.16 Å². The van der Waals surface area contributed by atoms with Crippen molar-refractivity contribution in [3.8, 4) is 11.8 Å². The van der Waals surface area contributed by atoms with Gasteiger partial charge in [0.25, 0.3) is 12.2 Å². The number of nitriles is 1. The van der Waals surface area contributed by atoms with Gasteiger partial charge in [0.2, 0.25) is 0 Å². The number of carbonyl (C=O) groups is 1. The summed E-state index contributed by atoms with van der Waals surface area (Å²) < 4.78 is 17.4. The molecule has 0 saturated carbocycles. The van der Waals surface area contributed by atoms with Crippen LogP contribution in [0.4, 0.5) is 4.79 Å². The van der Waals surface area contributed by atoms with Crippen LogP contribution in [0.15, 0.2) is 41.6 Å². The number of oxime groups is 1. The lowest BCUT2D eigenvalue weighted by molar-refractivity contribution is -0.0499. The summed E-state index contributed by atoms with van der Waals surface area (Å²) in [6.07, 6.45) is 2.69. The van der Waals surface area contributed by atoms with Crippen molar-refractivity contribution in [3.63, 3.8) is 0 Å². The molecule has 2 aliphatic heterocycles. The zero-order valence-electron chi connectivity index (χ0n) is 23.9. The quantitative estimate of drug-likeness (QED) is 0.493. The molecular weight excluding hydrogens is 508 g/mol. The fraction of sp³-hybridized carbons (Fsp3) is 0.516. The number of piperidine rings is 1. The Morgan fingerprint density at radius 3 is 2.65 bits per heavy atom. The highest BCUT2D eigenvalue weighted by atomic mass is 16.8. The number of hydrogen-bond donors (Lipinski definition) is 1. The molecule has 3 aliphatic rings. The van der Waals surface area contributed by atoms with Crippen LogP contribution in [-0.2, 0) is 20.7 Å². The van der Waals surface area contributed by atoms with Gasteiger partial charge in [-0.1, -0.05) is 12.1 Å². The molecular formula is C31H38N4O5. The van der Waals surface area contributed by atoms with E-state index in [1.54, 1.807) is 17.0 Å². The molecule has 1 amide bonds. The van der Waals surface area contributed by atoms with Gasteiger partial charge in [-0.2, -0.15) is 5.26 Å². The van der Waals surface area contributed by atoms with Gasteiger partial charge in [0.05, 0.1) is 11.7 Å². The summed E-state index contributed by atoms with van der Waals surface area (Å²) in [6.45, 7) is 10.9. The number of benzene rings is 2. The molecule has 0 bridgehead atoms. The lowest BCUT2D eigenvalue weighted by Gasteiger charge is -2.35. The van der Waals surface area contributed by atoms with Crippen molar-refractivity contribution >= 4 is 12.0 Å². The van der Waals surface area contributed by atoms with Gasteiger partial charge in [0.1, 0.15) is 17.4 Å². The molecule has 2 aromatic carbocycles. The molecule has 2 atom stereocenters. The largest absolute Gasteiger partial charge is 0.490 e. The maximum Gasteiger partial charge on any atom is 0.410 e. The van der Waals surface area contributed by atoms with Crippen molar-refractivity contribution in [1.82, 2.24) is 10.2 Å². The van der Waals surface area contributed by atoms with E-state index in [0.29, 0.717) is 41.9 Å². The second-order valence-corrected chi connectivity index (χ2v) is 11.9. The Morgan fingerprint density at radius 2 is 1.95 bits per heavy atom. The van der Waals surface area contributed by atoms with Crippen molar-refractivity contribution < 1.29 is 23.8 Å². The highest BCUT2D eigenvalue weighted by molar-refractivity contribution is 5.96. The lowest BCUT2D eigenvalue weighted by atomic mass is 10.00. The summed E-state index contributed by atoms with van der Waals surface area (Å²) in [5.41, 5.74) is 4.05. The van der Waals surface area contributed by atoms with Crippen LogP contribution in [0.2, 0.25) is 0 Å². The predicted molar refractivity (Wildman–Crippen MR) is 150 cm³/mol. The van der Waals surface area contributed by atoms with Crippen LogP contribution in [0.25, 0.3) is 0 Å². The second-order valence-electron chi connectivity index (χ2n) is 11.9. The molecule has 0 aromatic heterocycles. The average Bonchev–Trinajstić information content (AvgIpc) is 3.56. The van der Waals surface area contributed by atoms with Crippen LogP contribution in [0.3, 0.4) is 0 Å². The Labute approximate surface area is 236 Å². The lowest BCUT2D eigenvalue weighted by Crippen LogP contribution is -2.47. The average molecular weight is 547 g/mol. The second kappa shape index (κ2) is 11.4. The first-order valence-corrected chi connectivity index (χ1v) is 14.1. The minimum atomic E-state index is -0.725. The highest BCUT2D eigenvalue weighted by Crippen LogP contribution is 2.37. The molecule has 5 rings (SSSR count).